The van der Waals surface area contributed by atoms with Crippen molar-refractivity contribution in [1.29, 1.82) is 0 Å². The normalized spacial score (nSPS) is 28.7. The highest BCUT2D eigenvalue weighted by Crippen LogP contribution is 2.41. The van der Waals surface area contributed by atoms with Gasteiger partial charge in [-0.15, -0.1) is 0 Å². The minimum atomic E-state index is -0.304. The summed E-state index contributed by atoms with van der Waals surface area (Å²) >= 11 is 0. The highest BCUT2D eigenvalue weighted by molar-refractivity contribution is 5.87. The molecule has 120 valence electrons. The van der Waals surface area contributed by atoms with Crippen LogP contribution in [0.15, 0.2) is 42.5 Å². The SMILES string of the molecule is O=C(C1CC1)[C@H]1C[C@H]2C=C[C@@H]1N(C(=O)OCc1ccccc1)C2. The quantitative estimate of drug-likeness (QED) is 0.802. The Bertz CT molecular complexity index is 635. The molecule has 5 rings (SSSR count). The third kappa shape index (κ3) is 2.90. The first-order chi connectivity index (χ1) is 11.2. The lowest BCUT2D eigenvalue weighted by Gasteiger charge is -2.45. The molecule has 4 aliphatic rings. The Kier molecular flexibility index (Phi) is 3.68. The summed E-state index contributed by atoms with van der Waals surface area (Å²) in [5, 5.41) is 0. The van der Waals surface area contributed by atoms with Gasteiger partial charge in [-0.25, -0.2) is 4.79 Å². The van der Waals surface area contributed by atoms with Crippen molar-refractivity contribution in [2.75, 3.05) is 6.54 Å². The Hall–Kier alpha value is -2.10. The first-order valence-electron chi connectivity index (χ1n) is 8.42. The van der Waals surface area contributed by atoms with Gasteiger partial charge in [0.15, 0.2) is 0 Å². The minimum Gasteiger partial charge on any atom is -0.445 e. The molecule has 1 saturated carbocycles. The molecule has 0 spiro atoms. The molecule has 1 saturated heterocycles. The summed E-state index contributed by atoms with van der Waals surface area (Å²) in [6.07, 6.45) is 6.82. The molecule has 0 unspecified atom stereocenters. The lowest BCUT2D eigenvalue weighted by molar-refractivity contribution is -0.127. The minimum absolute atomic E-state index is 0.0319. The van der Waals surface area contributed by atoms with Crippen molar-refractivity contribution in [3.8, 4) is 0 Å². The zero-order valence-electron chi connectivity index (χ0n) is 13.1. The van der Waals surface area contributed by atoms with Crippen LogP contribution in [0.1, 0.15) is 24.8 Å². The molecule has 3 atom stereocenters. The van der Waals surface area contributed by atoms with Crippen molar-refractivity contribution >= 4 is 11.9 Å². The van der Waals surface area contributed by atoms with Gasteiger partial charge in [-0.1, -0.05) is 42.5 Å². The number of nitrogens with zero attached hydrogens (tertiary/aromatic N) is 1. The third-order valence-electron chi connectivity index (χ3n) is 5.13. The maximum atomic E-state index is 12.5. The number of ketones is 1. The summed E-state index contributed by atoms with van der Waals surface area (Å²) in [6.45, 7) is 0.946. The summed E-state index contributed by atoms with van der Waals surface area (Å²) in [6, 6.07) is 9.56. The van der Waals surface area contributed by atoms with E-state index >= 15 is 0 Å². The zero-order valence-corrected chi connectivity index (χ0v) is 13.1. The molecule has 2 fully saturated rings. The fourth-order valence-corrected chi connectivity index (χ4v) is 3.73. The van der Waals surface area contributed by atoms with E-state index in [2.05, 4.69) is 6.08 Å². The van der Waals surface area contributed by atoms with Gasteiger partial charge in [-0.05, 0) is 30.7 Å². The Balaban J connectivity index is 1.42. The number of ether oxygens (including phenoxy) is 1. The standard InChI is InChI=1S/C19H21NO3/c21-18(15-7-8-15)16-10-14-6-9-17(16)20(11-14)19(22)23-12-13-4-2-1-3-5-13/h1-6,9,14-17H,7-8,10-12H2/t14-,16+,17+/m1/s1. The van der Waals surface area contributed by atoms with Crippen molar-refractivity contribution in [1.82, 2.24) is 4.90 Å². The molecule has 23 heavy (non-hydrogen) atoms. The van der Waals surface area contributed by atoms with Crippen LogP contribution in [0, 0.1) is 17.8 Å². The van der Waals surface area contributed by atoms with Gasteiger partial charge in [0.25, 0.3) is 0 Å². The second kappa shape index (κ2) is 5.84. The van der Waals surface area contributed by atoms with Crippen LogP contribution < -0.4 is 0 Å². The first-order valence-corrected chi connectivity index (χ1v) is 8.42. The molecule has 0 radical (unpaired) electrons. The monoisotopic (exact) mass is 311 g/mol. The second-order valence-corrected chi connectivity index (χ2v) is 6.85. The number of rotatable bonds is 4. The molecule has 1 aromatic carbocycles. The van der Waals surface area contributed by atoms with Gasteiger partial charge in [0.05, 0.1) is 6.04 Å². The maximum absolute atomic E-state index is 12.5. The lowest BCUT2D eigenvalue weighted by atomic mass is 9.75. The summed E-state index contributed by atoms with van der Waals surface area (Å²) in [5.74, 6) is 0.854. The van der Waals surface area contributed by atoms with E-state index < -0.39 is 0 Å². The Morgan fingerprint density at radius 2 is 1.91 bits per heavy atom. The predicted octanol–water partition coefficient (Wildman–Crippen LogP) is 3.18. The zero-order chi connectivity index (χ0) is 15.8. The molecule has 2 aliphatic heterocycles. The Morgan fingerprint density at radius 3 is 2.61 bits per heavy atom. The van der Waals surface area contributed by atoms with Gasteiger partial charge in [0.1, 0.15) is 12.4 Å². The van der Waals surface area contributed by atoms with Crippen LogP contribution in [0.2, 0.25) is 0 Å². The predicted molar refractivity (Wildman–Crippen MR) is 85.6 cm³/mol. The molecule has 2 heterocycles. The van der Waals surface area contributed by atoms with Crippen molar-refractivity contribution < 1.29 is 14.3 Å². The van der Waals surface area contributed by atoms with Crippen LogP contribution in [0.3, 0.4) is 0 Å². The van der Waals surface area contributed by atoms with Crippen molar-refractivity contribution in [3.05, 3.63) is 48.0 Å². The van der Waals surface area contributed by atoms with Gasteiger partial charge in [-0.2, -0.15) is 0 Å². The molecular formula is C19H21NO3. The first kappa shape index (κ1) is 14.5. The summed E-state index contributed by atoms with van der Waals surface area (Å²) < 4.78 is 5.47. The number of amides is 1. The van der Waals surface area contributed by atoms with Gasteiger partial charge in [0.2, 0.25) is 0 Å². The number of benzene rings is 1. The molecule has 4 nitrogen and oxygen atoms in total. The van der Waals surface area contributed by atoms with E-state index in [1.54, 1.807) is 4.90 Å². The van der Waals surface area contributed by atoms with Gasteiger partial charge in [0, 0.05) is 18.4 Å². The van der Waals surface area contributed by atoms with Gasteiger partial charge < -0.3 is 9.64 Å². The lowest BCUT2D eigenvalue weighted by Crippen LogP contribution is -2.55. The average Bonchev–Trinajstić information content (AvgIpc) is 3.45. The van der Waals surface area contributed by atoms with Crippen molar-refractivity contribution in [3.63, 3.8) is 0 Å². The van der Waals surface area contributed by atoms with Crippen molar-refractivity contribution in [2.24, 2.45) is 17.8 Å². The highest BCUT2D eigenvalue weighted by atomic mass is 16.6. The largest absolute Gasteiger partial charge is 0.445 e. The van der Waals surface area contributed by atoms with E-state index in [0.717, 1.165) is 24.8 Å². The van der Waals surface area contributed by atoms with Crippen LogP contribution in [-0.4, -0.2) is 29.4 Å². The van der Waals surface area contributed by atoms with Crippen molar-refractivity contribution in [2.45, 2.75) is 31.9 Å². The maximum Gasteiger partial charge on any atom is 0.410 e. The van der Waals surface area contributed by atoms with Crippen LogP contribution in [0.5, 0.6) is 0 Å². The molecule has 4 heteroatoms. The molecule has 2 aliphatic carbocycles. The van der Waals surface area contributed by atoms with E-state index in [4.69, 9.17) is 4.74 Å². The van der Waals surface area contributed by atoms with E-state index in [-0.39, 0.29) is 36.5 Å². The molecule has 2 bridgehead atoms. The Morgan fingerprint density at radius 1 is 1.13 bits per heavy atom. The summed E-state index contributed by atoms with van der Waals surface area (Å²) in [4.78, 5) is 26.7. The topological polar surface area (TPSA) is 46.6 Å². The smallest absolute Gasteiger partial charge is 0.410 e. The number of hydrogen-bond acceptors (Lipinski definition) is 3. The summed E-state index contributed by atoms with van der Waals surface area (Å²) in [5.41, 5.74) is 0.976. The van der Waals surface area contributed by atoms with E-state index in [0.29, 0.717) is 12.3 Å². The fourth-order valence-electron chi connectivity index (χ4n) is 3.73. The van der Waals surface area contributed by atoms with E-state index in [1.807, 2.05) is 36.4 Å². The highest BCUT2D eigenvalue weighted by Gasteiger charge is 2.47. The molecule has 0 aromatic heterocycles. The van der Waals surface area contributed by atoms with Crippen LogP contribution in [0.4, 0.5) is 4.79 Å². The van der Waals surface area contributed by atoms with Gasteiger partial charge in [-0.3, -0.25) is 4.79 Å². The van der Waals surface area contributed by atoms with Crippen LogP contribution in [-0.2, 0) is 16.1 Å². The molecule has 0 N–H and O–H groups in total. The number of fused-ring (bicyclic) bond motifs is 2. The summed E-state index contributed by atoms with van der Waals surface area (Å²) in [7, 11) is 0. The molecule has 1 aromatic rings. The molecular weight excluding hydrogens is 290 g/mol. The number of carbonyl (C=O) groups excluding carboxylic acids is 2. The number of Topliss-reactive ketones (excluding diaryl/α,β-unsaturated/α-hetero) is 1. The average molecular weight is 311 g/mol. The Labute approximate surface area is 136 Å². The second-order valence-electron chi connectivity index (χ2n) is 6.85. The van der Waals surface area contributed by atoms with E-state index in [1.165, 1.54) is 0 Å². The fraction of sp³-hybridized carbons (Fsp3) is 0.474. The number of piperidine rings is 1. The number of carbonyl (C=O) groups is 2. The van der Waals surface area contributed by atoms with Crippen LogP contribution in [0.25, 0.3) is 0 Å². The molecule has 1 amide bonds. The number of hydrogen-bond donors (Lipinski definition) is 0. The van der Waals surface area contributed by atoms with E-state index in [9.17, 15) is 9.59 Å². The van der Waals surface area contributed by atoms with Crippen LogP contribution >= 0.6 is 0 Å². The van der Waals surface area contributed by atoms with Gasteiger partial charge >= 0.3 is 6.09 Å². The third-order valence-corrected chi connectivity index (χ3v) is 5.13.